The lowest BCUT2D eigenvalue weighted by Gasteiger charge is -2.07. The van der Waals surface area contributed by atoms with Crippen molar-refractivity contribution in [3.8, 4) is 0 Å². The minimum atomic E-state index is -0.296. The summed E-state index contributed by atoms with van der Waals surface area (Å²) in [6.45, 7) is 2.20. The number of halogens is 2. The Hall–Kier alpha value is -2.33. The SMILES string of the molecule is Cc1ccc(F)cc1CNC(=O)c1cc2ccccc2[nH]1.Cl. The van der Waals surface area contributed by atoms with E-state index in [1.54, 1.807) is 6.07 Å². The first kappa shape index (κ1) is 16.0. The molecule has 0 bridgehead atoms. The molecule has 0 radical (unpaired) electrons. The molecule has 5 heteroatoms. The highest BCUT2D eigenvalue weighted by atomic mass is 35.5. The number of carbonyl (C=O) groups is 1. The van der Waals surface area contributed by atoms with Crippen LogP contribution in [-0.4, -0.2) is 10.9 Å². The second-order valence-electron chi connectivity index (χ2n) is 5.02. The van der Waals surface area contributed by atoms with Gasteiger partial charge in [-0.25, -0.2) is 4.39 Å². The van der Waals surface area contributed by atoms with Gasteiger partial charge in [0, 0.05) is 17.4 Å². The molecular weight excluding hydrogens is 303 g/mol. The van der Waals surface area contributed by atoms with Crippen molar-refractivity contribution in [3.05, 3.63) is 71.2 Å². The molecule has 22 heavy (non-hydrogen) atoms. The minimum absolute atomic E-state index is 0. The van der Waals surface area contributed by atoms with Gasteiger partial charge in [0.15, 0.2) is 0 Å². The summed E-state index contributed by atoms with van der Waals surface area (Å²) in [4.78, 5) is 15.2. The predicted octanol–water partition coefficient (Wildman–Crippen LogP) is 3.97. The van der Waals surface area contributed by atoms with Crippen LogP contribution in [0.2, 0.25) is 0 Å². The van der Waals surface area contributed by atoms with Crippen molar-refractivity contribution in [1.82, 2.24) is 10.3 Å². The monoisotopic (exact) mass is 318 g/mol. The summed E-state index contributed by atoms with van der Waals surface area (Å²) >= 11 is 0. The number of aromatic amines is 1. The Morgan fingerprint density at radius 1 is 1.18 bits per heavy atom. The summed E-state index contributed by atoms with van der Waals surface area (Å²) in [7, 11) is 0. The van der Waals surface area contributed by atoms with Gasteiger partial charge in [-0.2, -0.15) is 0 Å². The number of hydrogen-bond acceptors (Lipinski definition) is 1. The van der Waals surface area contributed by atoms with Gasteiger partial charge in [0.1, 0.15) is 11.5 Å². The molecule has 1 aromatic heterocycles. The second kappa shape index (κ2) is 6.62. The molecule has 2 N–H and O–H groups in total. The molecular formula is C17H16ClFN2O. The molecule has 1 heterocycles. The maximum Gasteiger partial charge on any atom is 0.267 e. The highest BCUT2D eigenvalue weighted by Crippen LogP contribution is 2.15. The molecule has 0 saturated heterocycles. The van der Waals surface area contributed by atoms with Crippen molar-refractivity contribution in [2.75, 3.05) is 0 Å². The number of aryl methyl sites for hydroxylation is 1. The molecule has 0 spiro atoms. The van der Waals surface area contributed by atoms with E-state index in [9.17, 15) is 9.18 Å². The number of nitrogens with one attached hydrogen (secondary N) is 2. The van der Waals surface area contributed by atoms with E-state index in [0.29, 0.717) is 12.2 Å². The number of rotatable bonds is 3. The van der Waals surface area contributed by atoms with Crippen LogP contribution in [0.4, 0.5) is 4.39 Å². The Morgan fingerprint density at radius 2 is 1.95 bits per heavy atom. The van der Waals surface area contributed by atoms with Crippen LogP contribution in [0.1, 0.15) is 21.6 Å². The van der Waals surface area contributed by atoms with Crippen LogP contribution in [0.25, 0.3) is 10.9 Å². The molecule has 3 nitrogen and oxygen atoms in total. The molecule has 0 saturated carbocycles. The summed E-state index contributed by atoms with van der Waals surface area (Å²) in [5.41, 5.74) is 3.16. The molecule has 114 valence electrons. The number of hydrogen-bond donors (Lipinski definition) is 2. The zero-order valence-corrected chi connectivity index (χ0v) is 12.8. The standard InChI is InChI=1S/C17H15FN2O.ClH/c1-11-6-7-14(18)8-13(11)10-19-17(21)16-9-12-4-2-3-5-15(12)20-16;/h2-9,20H,10H2,1H3,(H,19,21);1H. The highest BCUT2D eigenvalue weighted by molar-refractivity contribution is 5.97. The fourth-order valence-corrected chi connectivity index (χ4v) is 2.30. The van der Waals surface area contributed by atoms with Crippen LogP contribution in [0.15, 0.2) is 48.5 Å². The van der Waals surface area contributed by atoms with Crippen LogP contribution < -0.4 is 5.32 Å². The first-order valence-corrected chi connectivity index (χ1v) is 6.74. The predicted molar refractivity (Wildman–Crippen MR) is 87.9 cm³/mol. The van der Waals surface area contributed by atoms with Crippen LogP contribution in [0, 0.1) is 12.7 Å². The molecule has 0 aliphatic rings. The van der Waals surface area contributed by atoms with Crippen molar-refractivity contribution in [1.29, 1.82) is 0 Å². The molecule has 0 aliphatic carbocycles. The number of H-pyrrole nitrogens is 1. The molecule has 3 rings (SSSR count). The number of fused-ring (bicyclic) bond motifs is 1. The fraction of sp³-hybridized carbons (Fsp3) is 0.118. The molecule has 2 aromatic carbocycles. The van der Waals surface area contributed by atoms with Gasteiger partial charge in [-0.3, -0.25) is 4.79 Å². The van der Waals surface area contributed by atoms with E-state index in [2.05, 4.69) is 10.3 Å². The van der Waals surface area contributed by atoms with Gasteiger partial charge in [0.2, 0.25) is 0 Å². The van der Waals surface area contributed by atoms with Gasteiger partial charge in [0.25, 0.3) is 5.91 Å². The Balaban J connectivity index is 0.00000176. The Kier molecular flexibility index (Phi) is 4.83. The fourth-order valence-electron chi connectivity index (χ4n) is 2.30. The summed E-state index contributed by atoms with van der Waals surface area (Å²) in [5.74, 6) is -0.495. The first-order chi connectivity index (χ1) is 10.1. The zero-order chi connectivity index (χ0) is 14.8. The minimum Gasteiger partial charge on any atom is -0.351 e. The maximum atomic E-state index is 13.2. The topological polar surface area (TPSA) is 44.9 Å². The van der Waals surface area contributed by atoms with Crippen molar-refractivity contribution in [2.24, 2.45) is 0 Å². The van der Waals surface area contributed by atoms with Crippen LogP contribution in [0.3, 0.4) is 0 Å². The number of para-hydroxylation sites is 1. The van der Waals surface area contributed by atoms with Gasteiger partial charge in [-0.15, -0.1) is 12.4 Å². The van der Waals surface area contributed by atoms with E-state index in [4.69, 9.17) is 0 Å². The number of aromatic nitrogens is 1. The average molecular weight is 319 g/mol. The van der Waals surface area contributed by atoms with Gasteiger partial charge >= 0.3 is 0 Å². The van der Waals surface area contributed by atoms with E-state index in [0.717, 1.165) is 22.0 Å². The van der Waals surface area contributed by atoms with Crippen LogP contribution in [0.5, 0.6) is 0 Å². The lowest BCUT2D eigenvalue weighted by Crippen LogP contribution is -2.23. The zero-order valence-electron chi connectivity index (χ0n) is 12.0. The summed E-state index contributed by atoms with van der Waals surface area (Å²) in [5, 5.41) is 3.80. The number of carbonyl (C=O) groups excluding carboxylic acids is 1. The summed E-state index contributed by atoms with van der Waals surface area (Å²) < 4.78 is 13.2. The number of benzene rings is 2. The van der Waals surface area contributed by atoms with E-state index in [-0.39, 0.29) is 24.1 Å². The maximum absolute atomic E-state index is 13.2. The largest absolute Gasteiger partial charge is 0.351 e. The van der Waals surface area contributed by atoms with Gasteiger partial charge in [0.05, 0.1) is 0 Å². The number of amides is 1. The van der Waals surface area contributed by atoms with Crippen molar-refractivity contribution in [2.45, 2.75) is 13.5 Å². The van der Waals surface area contributed by atoms with Crippen molar-refractivity contribution in [3.63, 3.8) is 0 Å². The summed E-state index contributed by atoms with van der Waals surface area (Å²) in [6, 6.07) is 14.1. The average Bonchev–Trinajstić information content (AvgIpc) is 2.92. The van der Waals surface area contributed by atoms with E-state index >= 15 is 0 Å². The van der Waals surface area contributed by atoms with Crippen LogP contribution >= 0.6 is 12.4 Å². The summed E-state index contributed by atoms with van der Waals surface area (Å²) in [6.07, 6.45) is 0. The lowest BCUT2D eigenvalue weighted by atomic mass is 10.1. The molecule has 0 unspecified atom stereocenters. The van der Waals surface area contributed by atoms with Crippen molar-refractivity contribution < 1.29 is 9.18 Å². The van der Waals surface area contributed by atoms with Gasteiger partial charge in [-0.1, -0.05) is 24.3 Å². The third kappa shape index (κ3) is 3.28. The molecule has 0 fully saturated rings. The highest BCUT2D eigenvalue weighted by Gasteiger charge is 2.09. The molecule has 0 atom stereocenters. The van der Waals surface area contributed by atoms with Gasteiger partial charge < -0.3 is 10.3 Å². The van der Waals surface area contributed by atoms with E-state index in [1.807, 2.05) is 37.3 Å². The Morgan fingerprint density at radius 3 is 2.73 bits per heavy atom. The normalized spacial score (nSPS) is 10.3. The van der Waals surface area contributed by atoms with Crippen molar-refractivity contribution >= 4 is 29.2 Å². The third-order valence-electron chi connectivity index (χ3n) is 3.53. The third-order valence-corrected chi connectivity index (χ3v) is 3.53. The molecule has 3 aromatic rings. The smallest absolute Gasteiger partial charge is 0.267 e. The quantitative estimate of drug-likeness (QED) is 0.754. The van der Waals surface area contributed by atoms with E-state index < -0.39 is 0 Å². The first-order valence-electron chi connectivity index (χ1n) is 6.74. The van der Waals surface area contributed by atoms with Gasteiger partial charge in [-0.05, 0) is 42.3 Å². The Bertz CT molecular complexity index is 780. The molecule has 1 amide bonds. The Labute approximate surface area is 134 Å². The second-order valence-corrected chi connectivity index (χ2v) is 5.02. The molecule has 0 aliphatic heterocycles. The van der Waals surface area contributed by atoms with Crippen LogP contribution in [-0.2, 0) is 6.54 Å². The van der Waals surface area contributed by atoms with E-state index in [1.165, 1.54) is 12.1 Å². The lowest BCUT2D eigenvalue weighted by molar-refractivity contribution is 0.0946.